The van der Waals surface area contributed by atoms with E-state index in [2.05, 4.69) is 41.5 Å². The Labute approximate surface area is 135 Å². The van der Waals surface area contributed by atoms with Crippen LogP contribution in [0.2, 0.25) is 16.6 Å². The van der Waals surface area contributed by atoms with Gasteiger partial charge in [-0.2, -0.15) is 0 Å². The Kier molecular flexibility index (Phi) is 5.40. The van der Waals surface area contributed by atoms with E-state index in [1.54, 1.807) is 0 Å². The van der Waals surface area contributed by atoms with Crippen molar-refractivity contribution >= 4 is 14.3 Å². The van der Waals surface area contributed by atoms with Gasteiger partial charge in [0.25, 0.3) is 0 Å². The molecular formula is C17H32O4Si. The molecule has 0 aromatic carbocycles. The van der Waals surface area contributed by atoms with Crippen LogP contribution in [0.1, 0.15) is 54.4 Å². The van der Waals surface area contributed by atoms with Gasteiger partial charge in [-0.15, -0.1) is 0 Å². The molecular weight excluding hydrogens is 296 g/mol. The van der Waals surface area contributed by atoms with Gasteiger partial charge < -0.3 is 14.3 Å². The largest absolute Gasteiger partial charge is 0.462 e. The minimum absolute atomic E-state index is 0.0413. The Balaban J connectivity index is 2.10. The van der Waals surface area contributed by atoms with E-state index in [0.717, 1.165) is 0 Å². The Bertz CT molecular complexity index is 386. The lowest BCUT2D eigenvalue weighted by Crippen LogP contribution is -2.49. The molecule has 4 atom stereocenters. The first kappa shape index (κ1) is 18.0. The van der Waals surface area contributed by atoms with Crippen LogP contribution < -0.4 is 0 Å². The molecule has 0 spiro atoms. The highest BCUT2D eigenvalue weighted by Crippen LogP contribution is 2.45. The summed E-state index contributed by atoms with van der Waals surface area (Å²) in [5.41, 5.74) is 1.59. The minimum Gasteiger partial charge on any atom is -0.462 e. The molecule has 1 N–H and O–H groups in total. The molecule has 0 amide bonds. The number of fused-ring (bicyclic) bond motifs is 1. The highest BCUT2D eigenvalue weighted by molar-refractivity contribution is 6.77. The van der Waals surface area contributed by atoms with Crippen LogP contribution in [0.15, 0.2) is 0 Å². The van der Waals surface area contributed by atoms with Crippen molar-refractivity contribution in [3.63, 3.8) is 0 Å². The molecule has 2 aliphatic rings. The van der Waals surface area contributed by atoms with Gasteiger partial charge in [0.15, 0.2) is 8.32 Å². The van der Waals surface area contributed by atoms with E-state index in [4.69, 9.17) is 9.16 Å². The summed E-state index contributed by atoms with van der Waals surface area (Å²) < 4.78 is 11.9. The van der Waals surface area contributed by atoms with Gasteiger partial charge in [-0.1, -0.05) is 41.5 Å². The van der Waals surface area contributed by atoms with Gasteiger partial charge >= 0.3 is 5.97 Å². The van der Waals surface area contributed by atoms with Crippen molar-refractivity contribution in [1.29, 1.82) is 0 Å². The van der Waals surface area contributed by atoms with Crippen LogP contribution in [0.3, 0.4) is 0 Å². The Morgan fingerprint density at radius 3 is 2.23 bits per heavy atom. The molecule has 4 nitrogen and oxygen atoms in total. The van der Waals surface area contributed by atoms with E-state index in [9.17, 15) is 9.90 Å². The molecule has 5 heteroatoms. The van der Waals surface area contributed by atoms with Crippen molar-refractivity contribution in [2.45, 2.75) is 83.2 Å². The lowest BCUT2D eigenvalue weighted by molar-refractivity contribution is -0.141. The van der Waals surface area contributed by atoms with E-state index >= 15 is 0 Å². The number of esters is 1. The van der Waals surface area contributed by atoms with Gasteiger partial charge in [0, 0.05) is 24.9 Å². The molecule has 0 unspecified atom stereocenters. The predicted molar refractivity (Wildman–Crippen MR) is 89.1 cm³/mol. The molecule has 0 aromatic rings. The number of carbonyl (C=O) groups is 1. The average Bonchev–Trinajstić information content (AvgIpc) is 2.85. The molecule has 0 radical (unpaired) electrons. The van der Waals surface area contributed by atoms with E-state index in [1.165, 1.54) is 0 Å². The van der Waals surface area contributed by atoms with Gasteiger partial charge in [0.05, 0.1) is 12.5 Å². The molecule has 1 heterocycles. The molecule has 2 fully saturated rings. The van der Waals surface area contributed by atoms with Gasteiger partial charge in [0.1, 0.15) is 6.10 Å². The lowest BCUT2D eigenvalue weighted by Gasteiger charge is -2.43. The quantitative estimate of drug-likeness (QED) is 0.599. The number of hydrogen-bond donors (Lipinski definition) is 1. The number of carbonyl (C=O) groups excluding carboxylic acids is 1. The van der Waals surface area contributed by atoms with Crippen LogP contribution in [0.5, 0.6) is 0 Å². The standard InChI is InChI=1S/C17H32O4Si/c1-10(2)22(11(3)4,12(5)6)20-9-14-13-7-17(19)21-16(13)8-15(14)18/h10-16,18H,7-9H2,1-6H3/t13-,14-,15-,16+/m0/s1. The van der Waals surface area contributed by atoms with Gasteiger partial charge in [-0.3, -0.25) is 4.79 Å². The zero-order valence-corrected chi connectivity index (χ0v) is 15.8. The zero-order valence-electron chi connectivity index (χ0n) is 14.8. The number of ether oxygens (including phenoxy) is 1. The summed E-state index contributed by atoms with van der Waals surface area (Å²) in [6.07, 6.45) is 0.518. The number of hydrogen-bond acceptors (Lipinski definition) is 4. The fourth-order valence-corrected chi connectivity index (χ4v) is 10.4. The van der Waals surface area contributed by atoms with Crippen LogP contribution in [-0.2, 0) is 14.0 Å². The SMILES string of the molecule is CC(C)[Si](OC[C@H]1[C@@H]2CC(=O)O[C@@H]2C[C@@H]1O)(C(C)C)C(C)C. The molecule has 22 heavy (non-hydrogen) atoms. The fraction of sp³-hybridized carbons (Fsp3) is 0.941. The summed E-state index contributed by atoms with van der Waals surface area (Å²) in [4.78, 5) is 11.5. The summed E-state index contributed by atoms with van der Waals surface area (Å²) in [6, 6.07) is 0. The molecule has 1 saturated carbocycles. The van der Waals surface area contributed by atoms with Crippen LogP contribution in [0.4, 0.5) is 0 Å². The lowest BCUT2D eigenvalue weighted by atomic mass is 9.93. The summed E-state index contributed by atoms with van der Waals surface area (Å²) >= 11 is 0. The summed E-state index contributed by atoms with van der Waals surface area (Å²) in [7, 11) is -1.92. The molecule has 0 bridgehead atoms. The highest BCUT2D eigenvalue weighted by Gasteiger charge is 2.52. The second-order valence-corrected chi connectivity index (χ2v) is 13.5. The predicted octanol–water partition coefficient (Wildman–Crippen LogP) is 3.49. The second-order valence-electron chi connectivity index (χ2n) is 7.99. The van der Waals surface area contributed by atoms with Crippen molar-refractivity contribution in [2.75, 3.05) is 6.61 Å². The third kappa shape index (κ3) is 3.00. The summed E-state index contributed by atoms with van der Waals surface area (Å²) in [5.74, 6) is 0.0623. The number of aliphatic hydroxyl groups excluding tert-OH is 1. The summed E-state index contributed by atoms with van der Waals surface area (Å²) in [5, 5.41) is 10.3. The first-order valence-corrected chi connectivity index (χ1v) is 10.9. The minimum atomic E-state index is -1.92. The molecule has 128 valence electrons. The maximum absolute atomic E-state index is 11.5. The van der Waals surface area contributed by atoms with Gasteiger partial charge in [0.2, 0.25) is 0 Å². The van der Waals surface area contributed by atoms with Gasteiger partial charge in [-0.05, 0) is 16.6 Å². The highest BCUT2D eigenvalue weighted by atomic mass is 28.4. The van der Waals surface area contributed by atoms with E-state index in [1.807, 2.05) is 0 Å². The molecule has 0 aromatic heterocycles. The van der Waals surface area contributed by atoms with E-state index in [0.29, 0.717) is 36.1 Å². The van der Waals surface area contributed by atoms with Crippen molar-refractivity contribution < 1.29 is 19.1 Å². The molecule has 1 aliphatic heterocycles. The van der Waals surface area contributed by atoms with Crippen molar-refractivity contribution in [1.82, 2.24) is 0 Å². The fourth-order valence-electron chi connectivity index (χ4n) is 4.95. The second kappa shape index (κ2) is 6.61. The van der Waals surface area contributed by atoms with Crippen molar-refractivity contribution in [3.05, 3.63) is 0 Å². The number of aliphatic hydroxyl groups is 1. The third-order valence-electron chi connectivity index (χ3n) is 5.91. The maximum Gasteiger partial charge on any atom is 0.306 e. The van der Waals surface area contributed by atoms with Crippen molar-refractivity contribution in [2.24, 2.45) is 11.8 Å². The van der Waals surface area contributed by atoms with Crippen LogP contribution in [0.25, 0.3) is 0 Å². The van der Waals surface area contributed by atoms with Gasteiger partial charge in [-0.25, -0.2) is 0 Å². The number of rotatable bonds is 6. The summed E-state index contributed by atoms with van der Waals surface area (Å²) in [6.45, 7) is 14.2. The first-order chi connectivity index (χ1) is 10.2. The van der Waals surface area contributed by atoms with E-state index in [-0.39, 0.29) is 23.9 Å². The monoisotopic (exact) mass is 328 g/mol. The average molecular weight is 329 g/mol. The van der Waals surface area contributed by atoms with E-state index < -0.39 is 14.4 Å². The topological polar surface area (TPSA) is 55.8 Å². The van der Waals surface area contributed by atoms with Crippen LogP contribution in [0, 0.1) is 11.8 Å². The van der Waals surface area contributed by atoms with Crippen LogP contribution in [-0.4, -0.2) is 38.2 Å². The zero-order chi connectivity index (χ0) is 16.7. The Morgan fingerprint density at radius 1 is 1.18 bits per heavy atom. The first-order valence-electron chi connectivity index (χ1n) is 8.71. The van der Waals surface area contributed by atoms with Crippen LogP contribution >= 0.6 is 0 Å². The Morgan fingerprint density at radius 2 is 1.73 bits per heavy atom. The Hall–Kier alpha value is -0.393. The molecule has 2 rings (SSSR count). The third-order valence-corrected chi connectivity index (χ3v) is 12.0. The molecule has 1 aliphatic carbocycles. The maximum atomic E-state index is 11.5. The normalized spacial score (nSPS) is 32.2. The molecule has 1 saturated heterocycles. The smallest absolute Gasteiger partial charge is 0.306 e. The van der Waals surface area contributed by atoms with Crippen molar-refractivity contribution in [3.8, 4) is 0 Å².